The monoisotopic (exact) mass is 374 g/mol. The van der Waals surface area contributed by atoms with Crippen LogP contribution in [0.3, 0.4) is 0 Å². The summed E-state index contributed by atoms with van der Waals surface area (Å²) in [6.45, 7) is 9.26. The number of benzene rings is 1. The zero-order valence-corrected chi connectivity index (χ0v) is 16.2. The number of aromatic amines is 1. The van der Waals surface area contributed by atoms with Gasteiger partial charge in [-0.05, 0) is 44.5 Å². The smallest absolute Gasteiger partial charge is 0.233 e. The molecular weight excluding hydrogens is 350 g/mol. The summed E-state index contributed by atoms with van der Waals surface area (Å²) in [6, 6.07) is 7.88. The van der Waals surface area contributed by atoms with E-state index in [0.29, 0.717) is 17.8 Å². The number of nitrogens with zero attached hydrogens (tertiary/aromatic N) is 1. The summed E-state index contributed by atoms with van der Waals surface area (Å²) in [7, 11) is 0. The van der Waals surface area contributed by atoms with Crippen molar-refractivity contribution in [1.82, 2.24) is 4.98 Å². The second kappa shape index (κ2) is 7.64. The predicted molar refractivity (Wildman–Crippen MR) is 104 cm³/mol. The van der Waals surface area contributed by atoms with Crippen molar-refractivity contribution in [2.24, 2.45) is 0 Å². The van der Waals surface area contributed by atoms with Crippen LogP contribution < -0.4 is 9.80 Å². The molecule has 1 saturated heterocycles. The summed E-state index contributed by atoms with van der Waals surface area (Å²) in [6.07, 6.45) is 0. The molecule has 2 N–H and O–H groups in total. The summed E-state index contributed by atoms with van der Waals surface area (Å²) in [5.74, 6) is 0.0714. The minimum Gasteiger partial charge on any atom is -0.360 e. The fourth-order valence-corrected chi connectivity index (χ4v) is 3.99. The molecule has 0 radical (unpaired) electrons. The Bertz CT molecular complexity index is 836. The Balaban J connectivity index is 1.62. The highest BCUT2D eigenvalue weighted by molar-refractivity contribution is 6.30. The Morgan fingerprint density at radius 1 is 1.23 bits per heavy atom. The summed E-state index contributed by atoms with van der Waals surface area (Å²) in [5, 5.41) is 0.742. The lowest BCUT2D eigenvalue weighted by Crippen LogP contribution is -3.15. The number of anilines is 1. The number of nitrogens with one attached hydrogen (secondary N) is 2. The Kier molecular flexibility index (Phi) is 5.49. The van der Waals surface area contributed by atoms with Gasteiger partial charge in [-0.2, -0.15) is 0 Å². The van der Waals surface area contributed by atoms with Gasteiger partial charge < -0.3 is 14.8 Å². The van der Waals surface area contributed by atoms with Crippen molar-refractivity contribution in [2.45, 2.75) is 20.8 Å². The van der Waals surface area contributed by atoms with Gasteiger partial charge in [-0.3, -0.25) is 9.59 Å². The van der Waals surface area contributed by atoms with E-state index in [9.17, 15) is 9.59 Å². The van der Waals surface area contributed by atoms with Crippen LogP contribution >= 0.6 is 11.6 Å². The standard InChI is InChI=1S/C20H24ClN3O2/c1-13-19(15(3)25)14(2)22-20(13)18(26)12-23-7-9-24(10-8-23)17-6-4-5-16(21)11-17/h4-6,11,22H,7-10,12H2,1-3H3/p+1. The third-order valence-corrected chi connectivity index (χ3v) is 5.36. The molecule has 0 aliphatic carbocycles. The van der Waals surface area contributed by atoms with Crippen molar-refractivity contribution >= 4 is 28.9 Å². The average molecular weight is 375 g/mol. The SMILES string of the molecule is CC(=O)c1c(C)[nH]c(C(=O)C[NH+]2CCN(c3cccc(Cl)c3)CC2)c1C. The number of aryl methyl sites for hydroxylation is 1. The van der Waals surface area contributed by atoms with E-state index in [0.717, 1.165) is 48.1 Å². The van der Waals surface area contributed by atoms with E-state index in [1.54, 1.807) is 0 Å². The second-order valence-corrected chi connectivity index (χ2v) is 7.43. The second-order valence-electron chi connectivity index (χ2n) is 7.00. The molecule has 0 unspecified atom stereocenters. The molecule has 0 spiro atoms. The van der Waals surface area contributed by atoms with E-state index >= 15 is 0 Å². The van der Waals surface area contributed by atoms with Gasteiger partial charge in [0.25, 0.3) is 0 Å². The summed E-state index contributed by atoms with van der Waals surface area (Å²) < 4.78 is 0. The molecule has 6 heteroatoms. The Morgan fingerprint density at radius 3 is 2.50 bits per heavy atom. The molecule has 0 bridgehead atoms. The maximum Gasteiger partial charge on any atom is 0.233 e. The molecule has 1 aliphatic rings. The van der Waals surface area contributed by atoms with Crippen LogP contribution in [0.1, 0.15) is 39.0 Å². The molecule has 1 aromatic heterocycles. The van der Waals surface area contributed by atoms with Gasteiger partial charge in [-0.1, -0.05) is 17.7 Å². The number of hydrogen-bond acceptors (Lipinski definition) is 3. The van der Waals surface area contributed by atoms with Crippen molar-refractivity contribution in [1.29, 1.82) is 0 Å². The van der Waals surface area contributed by atoms with Gasteiger partial charge in [0.2, 0.25) is 5.78 Å². The molecule has 0 saturated carbocycles. The minimum atomic E-state index is -0.00205. The average Bonchev–Trinajstić information content (AvgIpc) is 2.90. The first-order chi connectivity index (χ1) is 12.4. The summed E-state index contributed by atoms with van der Waals surface area (Å²) in [4.78, 5) is 31.2. The van der Waals surface area contributed by atoms with Crippen LogP contribution in [0.2, 0.25) is 5.02 Å². The molecule has 0 atom stereocenters. The van der Waals surface area contributed by atoms with Gasteiger partial charge in [0.1, 0.15) is 6.54 Å². The highest BCUT2D eigenvalue weighted by atomic mass is 35.5. The number of carbonyl (C=O) groups is 2. The third kappa shape index (κ3) is 3.84. The molecule has 1 aromatic carbocycles. The van der Waals surface area contributed by atoms with Crippen molar-refractivity contribution in [3.05, 3.63) is 51.8 Å². The lowest BCUT2D eigenvalue weighted by atomic mass is 10.1. The van der Waals surface area contributed by atoms with Crippen LogP contribution in [0, 0.1) is 13.8 Å². The Labute approximate surface area is 158 Å². The fraction of sp³-hybridized carbons (Fsp3) is 0.400. The van der Waals surface area contributed by atoms with Crippen molar-refractivity contribution in [2.75, 3.05) is 37.6 Å². The van der Waals surface area contributed by atoms with E-state index < -0.39 is 0 Å². The summed E-state index contributed by atoms with van der Waals surface area (Å²) >= 11 is 6.08. The number of halogens is 1. The van der Waals surface area contributed by atoms with Crippen molar-refractivity contribution in [3.8, 4) is 0 Å². The molecule has 2 heterocycles. The number of Topliss-reactive ketones (excluding diaryl/α,β-unsaturated/α-hetero) is 2. The van der Waals surface area contributed by atoms with E-state index in [1.165, 1.54) is 11.8 Å². The van der Waals surface area contributed by atoms with Crippen LogP contribution in [-0.2, 0) is 0 Å². The number of ketones is 2. The maximum atomic E-state index is 12.7. The number of rotatable bonds is 5. The number of aromatic nitrogens is 1. The van der Waals surface area contributed by atoms with Gasteiger partial charge >= 0.3 is 0 Å². The Morgan fingerprint density at radius 2 is 1.92 bits per heavy atom. The van der Waals surface area contributed by atoms with Gasteiger partial charge in [-0.15, -0.1) is 0 Å². The van der Waals surface area contributed by atoms with Crippen LogP contribution in [0.5, 0.6) is 0 Å². The maximum absolute atomic E-state index is 12.7. The molecule has 0 amide bonds. The van der Waals surface area contributed by atoms with E-state index in [4.69, 9.17) is 11.6 Å². The summed E-state index contributed by atoms with van der Waals surface area (Å²) in [5.41, 5.74) is 3.91. The van der Waals surface area contributed by atoms with Crippen LogP contribution in [0.25, 0.3) is 0 Å². The van der Waals surface area contributed by atoms with Gasteiger partial charge in [0.15, 0.2) is 5.78 Å². The first-order valence-corrected chi connectivity index (χ1v) is 9.32. The zero-order chi connectivity index (χ0) is 18.8. The molecule has 26 heavy (non-hydrogen) atoms. The molecule has 3 rings (SSSR count). The lowest BCUT2D eigenvalue weighted by Gasteiger charge is -2.33. The van der Waals surface area contributed by atoms with Crippen LogP contribution in [-0.4, -0.2) is 49.3 Å². The van der Waals surface area contributed by atoms with Gasteiger partial charge in [0, 0.05) is 22.0 Å². The third-order valence-electron chi connectivity index (χ3n) is 5.12. The minimum absolute atomic E-state index is 0.00205. The van der Waals surface area contributed by atoms with E-state index in [-0.39, 0.29) is 11.6 Å². The first kappa shape index (κ1) is 18.7. The van der Waals surface area contributed by atoms with Gasteiger partial charge in [0.05, 0.1) is 31.9 Å². The van der Waals surface area contributed by atoms with Crippen molar-refractivity contribution in [3.63, 3.8) is 0 Å². The van der Waals surface area contributed by atoms with Crippen LogP contribution in [0.15, 0.2) is 24.3 Å². The zero-order valence-electron chi connectivity index (χ0n) is 15.5. The van der Waals surface area contributed by atoms with Gasteiger partial charge in [-0.25, -0.2) is 0 Å². The Hall–Kier alpha value is -2.11. The number of hydrogen-bond donors (Lipinski definition) is 2. The molecule has 2 aromatic rings. The number of H-pyrrole nitrogens is 1. The molecule has 1 aliphatic heterocycles. The molecule has 5 nitrogen and oxygen atoms in total. The quantitative estimate of drug-likeness (QED) is 0.788. The number of carbonyl (C=O) groups excluding carboxylic acids is 2. The topological polar surface area (TPSA) is 57.6 Å². The lowest BCUT2D eigenvalue weighted by molar-refractivity contribution is -0.892. The molecular formula is C20H25ClN3O2+. The first-order valence-electron chi connectivity index (χ1n) is 8.94. The largest absolute Gasteiger partial charge is 0.360 e. The molecule has 1 fully saturated rings. The normalized spacial score (nSPS) is 15.3. The highest BCUT2D eigenvalue weighted by Crippen LogP contribution is 2.20. The highest BCUT2D eigenvalue weighted by Gasteiger charge is 2.26. The molecule has 138 valence electrons. The number of piperazine rings is 1. The van der Waals surface area contributed by atoms with E-state index in [1.807, 2.05) is 32.0 Å². The van der Waals surface area contributed by atoms with E-state index in [2.05, 4.69) is 16.0 Å². The van der Waals surface area contributed by atoms with Crippen LogP contribution in [0.4, 0.5) is 5.69 Å². The fourth-order valence-electron chi connectivity index (χ4n) is 3.80. The number of quaternary nitrogens is 1. The van der Waals surface area contributed by atoms with Crippen molar-refractivity contribution < 1.29 is 14.5 Å². The predicted octanol–water partition coefficient (Wildman–Crippen LogP) is 2.08.